The molecule has 1 aromatic heterocycles. The van der Waals surface area contributed by atoms with Crippen LogP contribution in [0, 0.1) is 6.92 Å². The van der Waals surface area contributed by atoms with Crippen molar-refractivity contribution in [2.24, 2.45) is 0 Å². The van der Waals surface area contributed by atoms with Crippen LogP contribution in [-0.2, 0) is 9.59 Å². The maximum absolute atomic E-state index is 13.3. The highest BCUT2D eigenvalue weighted by Crippen LogP contribution is 2.27. The molecule has 0 atom stereocenters. The molecule has 3 N–H and O–H groups in total. The molecule has 42 heavy (non-hydrogen) atoms. The molecule has 5 rings (SSSR count). The second kappa shape index (κ2) is 13.5. The fourth-order valence-electron chi connectivity index (χ4n) is 3.96. The molecule has 7 nitrogen and oxygen atoms in total. The van der Waals surface area contributed by atoms with Gasteiger partial charge in [-0.1, -0.05) is 65.4 Å². The number of nitrogens with zero attached hydrogens (tertiary/aromatic N) is 1. The van der Waals surface area contributed by atoms with Crippen LogP contribution in [0.1, 0.15) is 21.5 Å². The summed E-state index contributed by atoms with van der Waals surface area (Å²) < 4.78 is 1.02. The molecule has 0 bridgehead atoms. The van der Waals surface area contributed by atoms with Gasteiger partial charge >= 0.3 is 0 Å². The molecule has 0 aliphatic carbocycles. The lowest BCUT2D eigenvalue weighted by atomic mass is 10.1. The van der Waals surface area contributed by atoms with Crippen molar-refractivity contribution in [3.05, 3.63) is 124 Å². The molecule has 1 heterocycles. The van der Waals surface area contributed by atoms with Gasteiger partial charge in [-0.2, -0.15) is 0 Å². The average molecular weight is 613 g/mol. The zero-order chi connectivity index (χ0) is 29.5. The molecule has 0 spiro atoms. The SMILES string of the molecule is Cc1ccc2nc(NC(=O)CSc3cccc(NC(=O)/C(=C/c4cccc(Cl)c4)NC(=O)c4ccccc4)c3)sc2c1. The summed E-state index contributed by atoms with van der Waals surface area (Å²) in [5.41, 5.74) is 3.62. The Bertz CT molecular complexity index is 1800. The molecule has 210 valence electrons. The molecule has 0 unspecified atom stereocenters. The van der Waals surface area contributed by atoms with Crippen molar-refractivity contribution in [1.82, 2.24) is 10.3 Å². The van der Waals surface area contributed by atoms with E-state index < -0.39 is 11.8 Å². The van der Waals surface area contributed by atoms with Crippen LogP contribution in [0.15, 0.2) is 108 Å². The topological polar surface area (TPSA) is 100 Å². The summed E-state index contributed by atoms with van der Waals surface area (Å²) in [5.74, 6) is -0.942. The number of benzene rings is 4. The first-order valence-corrected chi connectivity index (χ1v) is 15.1. The van der Waals surface area contributed by atoms with Crippen molar-refractivity contribution in [3.63, 3.8) is 0 Å². The van der Waals surface area contributed by atoms with E-state index in [1.54, 1.807) is 72.8 Å². The Labute approximate surface area is 256 Å². The first kappa shape index (κ1) is 29.1. The summed E-state index contributed by atoms with van der Waals surface area (Å²) in [6.07, 6.45) is 1.56. The summed E-state index contributed by atoms with van der Waals surface area (Å²) in [4.78, 5) is 44.1. The van der Waals surface area contributed by atoms with Crippen molar-refractivity contribution in [1.29, 1.82) is 0 Å². The molecule has 0 radical (unpaired) electrons. The third kappa shape index (κ3) is 7.85. The molecule has 5 aromatic rings. The second-order valence-corrected chi connectivity index (χ2v) is 11.8. The lowest BCUT2D eigenvalue weighted by molar-refractivity contribution is -0.114. The third-order valence-electron chi connectivity index (χ3n) is 5.94. The summed E-state index contributed by atoms with van der Waals surface area (Å²) in [7, 11) is 0. The van der Waals surface area contributed by atoms with Crippen LogP contribution in [0.25, 0.3) is 16.3 Å². The smallest absolute Gasteiger partial charge is 0.272 e. The van der Waals surface area contributed by atoms with Gasteiger partial charge in [0.05, 0.1) is 16.0 Å². The van der Waals surface area contributed by atoms with E-state index in [9.17, 15) is 14.4 Å². The number of anilines is 2. The zero-order valence-electron chi connectivity index (χ0n) is 22.4. The number of halogens is 1. The van der Waals surface area contributed by atoms with Crippen molar-refractivity contribution < 1.29 is 14.4 Å². The number of thioether (sulfide) groups is 1. The highest BCUT2D eigenvalue weighted by atomic mass is 35.5. The highest BCUT2D eigenvalue weighted by molar-refractivity contribution is 8.00. The monoisotopic (exact) mass is 612 g/mol. The number of fused-ring (bicyclic) bond motifs is 1. The molecular weight excluding hydrogens is 588 g/mol. The number of thiazole rings is 1. The van der Waals surface area contributed by atoms with E-state index in [1.807, 2.05) is 37.3 Å². The molecule has 0 aliphatic rings. The molecule has 0 fully saturated rings. The average Bonchev–Trinajstić information content (AvgIpc) is 3.37. The molecule has 3 amide bonds. The maximum atomic E-state index is 13.3. The molecular formula is C32H25ClN4O3S2. The second-order valence-electron chi connectivity index (χ2n) is 9.24. The minimum absolute atomic E-state index is 0.0505. The summed E-state index contributed by atoms with van der Waals surface area (Å²) >= 11 is 8.90. The van der Waals surface area contributed by atoms with E-state index in [0.29, 0.717) is 27.0 Å². The van der Waals surface area contributed by atoms with Gasteiger partial charge in [0.15, 0.2) is 5.13 Å². The van der Waals surface area contributed by atoms with Gasteiger partial charge in [0, 0.05) is 21.2 Å². The van der Waals surface area contributed by atoms with Crippen molar-refractivity contribution in [2.45, 2.75) is 11.8 Å². The number of amides is 3. The number of carbonyl (C=O) groups is 3. The van der Waals surface area contributed by atoms with E-state index in [0.717, 1.165) is 20.7 Å². The lowest BCUT2D eigenvalue weighted by Gasteiger charge is -2.12. The van der Waals surface area contributed by atoms with Gasteiger partial charge < -0.3 is 16.0 Å². The quantitative estimate of drug-likeness (QED) is 0.119. The Morgan fingerprint density at radius 1 is 0.905 bits per heavy atom. The van der Waals surface area contributed by atoms with E-state index in [-0.39, 0.29) is 17.4 Å². The van der Waals surface area contributed by atoms with E-state index in [2.05, 4.69) is 20.9 Å². The van der Waals surface area contributed by atoms with Crippen LogP contribution in [0.5, 0.6) is 0 Å². The molecule has 0 saturated heterocycles. The first-order valence-electron chi connectivity index (χ1n) is 12.9. The van der Waals surface area contributed by atoms with Crippen LogP contribution >= 0.6 is 34.7 Å². The normalized spacial score (nSPS) is 11.2. The number of rotatable bonds is 9. The van der Waals surface area contributed by atoms with Crippen LogP contribution < -0.4 is 16.0 Å². The predicted molar refractivity (Wildman–Crippen MR) is 172 cm³/mol. The largest absolute Gasteiger partial charge is 0.321 e. The van der Waals surface area contributed by atoms with Crippen LogP contribution in [0.3, 0.4) is 0 Å². The van der Waals surface area contributed by atoms with Crippen LogP contribution in [-0.4, -0.2) is 28.5 Å². The van der Waals surface area contributed by atoms with E-state index in [4.69, 9.17) is 11.6 Å². The van der Waals surface area contributed by atoms with E-state index >= 15 is 0 Å². The summed E-state index contributed by atoms with van der Waals surface area (Å²) in [6, 6.07) is 28.7. The first-order chi connectivity index (χ1) is 20.3. The molecule has 10 heteroatoms. The van der Waals surface area contributed by atoms with Crippen LogP contribution in [0.2, 0.25) is 5.02 Å². The summed E-state index contributed by atoms with van der Waals surface area (Å²) in [6.45, 7) is 2.02. The van der Waals surface area contributed by atoms with Crippen molar-refractivity contribution >= 4 is 79.5 Å². The van der Waals surface area contributed by atoms with Crippen LogP contribution in [0.4, 0.5) is 10.8 Å². The van der Waals surface area contributed by atoms with Gasteiger partial charge in [-0.3, -0.25) is 14.4 Å². The van der Waals surface area contributed by atoms with Crippen molar-refractivity contribution in [2.75, 3.05) is 16.4 Å². The van der Waals surface area contributed by atoms with Gasteiger partial charge in [-0.05, 0) is 78.7 Å². The standard InChI is InChI=1S/C32H25ClN4O3S2/c1-20-13-14-26-28(15-20)42-32(36-26)37-29(38)19-41-25-12-6-11-24(18-25)34-31(40)27(17-21-7-5-10-23(33)16-21)35-30(39)22-8-3-2-4-9-22/h2-18H,19H2,1H3,(H,34,40)(H,35,39)(H,36,37,38)/b27-17-. The summed E-state index contributed by atoms with van der Waals surface area (Å²) in [5, 5.41) is 9.48. The Balaban J connectivity index is 1.25. The Morgan fingerprint density at radius 3 is 2.52 bits per heavy atom. The number of hydrogen-bond donors (Lipinski definition) is 3. The fraction of sp³-hybridized carbons (Fsp3) is 0.0625. The number of carbonyl (C=O) groups excluding carboxylic acids is 3. The Kier molecular flexibility index (Phi) is 9.33. The van der Waals surface area contributed by atoms with Crippen molar-refractivity contribution in [3.8, 4) is 0 Å². The molecule has 4 aromatic carbocycles. The zero-order valence-corrected chi connectivity index (χ0v) is 24.8. The minimum atomic E-state index is -0.509. The van der Waals surface area contributed by atoms with Gasteiger partial charge in [0.2, 0.25) is 5.91 Å². The fourth-order valence-corrected chi connectivity index (χ4v) is 5.89. The molecule has 0 aliphatic heterocycles. The third-order valence-corrected chi connectivity index (χ3v) is 8.10. The number of aromatic nitrogens is 1. The highest BCUT2D eigenvalue weighted by Gasteiger charge is 2.16. The van der Waals surface area contributed by atoms with Gasteiger partial charge in [-0.15, -0.1) is 11.8 Å². The number of aryl methyl sites for hydroxylation is 1. The Hall–Kier alpha value is -4.44. The minimum Gasteiger partial charge on any atom is -0.321 e. The lowest BCUT2D eigenvalue weighted by Crippen LogP contribution is -2.30. The predicted octanol–water partition coefficient (Wildman–Crippen LogP) is 7.40. The van der Waals surface area contributed by atoms with E-state index in [1.165, 1.54) is 23.1 Å². The van der Waals surface area contributed by atoms with Gasteiger partial charge in [0.25, 0.3) is 11.8 Å². The Morgan fingerprint density at radius 2 is 1.71 bits per heavy atom. The number of hydrogen-bond acceptors (Lipinski definition) is 6. The maximum Gasteiger partial charge on any atom is 0.272 e. The molecule has 0 saturated carbocycles. The van der Waals surface area contributed by atoms with Gasteiger partial charge in [0.1, 0.15) is 5.70 Å². The van der Waals surface area contributed by atoms with Gasteiger partial charge in [-0.25, -0.2) is 4.98 Å². The number of nitrogens with one attached hydrogen (secondary N) is 3.